The van der Waals surface area contributed by atoms with Gasteiger partial charge in [-0.25, -0.2) is 4.98 Å². The van der Waals surface area contributed by atoms with E-state index in [1.54, 1.807) is 17.0 Å². The van der Waals surface area contributed by atoms with E-state index in [9.17, 15) is 9.59 Å². The molecule has 2 heterocycles. The van der Waals surface area contributed by atoms with Crippen LogP contribution < -0.4 is 5.56 Å². The van der Waals surface area contributed by atoms with E-state index in [0.29, 0.717) is 18.4 Å². The summed E-state index contributed by atoms with van der Waals surface area (Å²) in [5, 5.41) is 2.50. The first-order chi connectivity index (χ1) is 11.1. The smallest absolute Gasteiger partial charge is 0.262 e. The largest absolute Gasteiger partial charge is 0.340 e. The van der Waals surface area contributed by atoms with Gasteiger partial charge in [-0.2, -0.15) is 0 Å². The van der Waals surface area contributed by atoms with Crippen LogP contribution in [0.15, 0.2) is 22.6 Å². The highest BCUT2D eigenvalue weighted by molar-refractivity contribution is 7.16. The molecule has 2 aromatic heterocycles. The Hall–Kier alpha value is -1.69. The molecule has 6 heteroatoms. The summed E-state index contributed by atoms with van der Waals surface area (Å²) in [6.07, 6.45) is 4.91. The molecular weight excluding hydrogens is 310 g/mol. The zero-order valence-corrected chi connectivity index (χ0v) is 14.9. The third-order valence-corrected chi connectivity index (χ3v) is 5.03. The maximum atomic E-state index is 12.5. The molecule has 0 bridgehead atoms. The van der Waals surface area contributed by atoms with Gasteiger partial charge >= 0.3 is 0 Å². The SMILES string of the molecule is CCCCN(C(=O)CCn1cnc2sccc2c1=O)C(C)CC. The van der Waals surface area contributed by atoms with Gasteiger partial charge in [0.2, 0.25) is 5.91 Å². The van der Waals surface area contributed by atoms with Crippen LogP contribution in [-0.2, 0) is 11.3 Å². The summed E-state index contributed by atoms with van der Waals surface area (Å²) in [5.74, 6) is 0.116. The molecule has 0 aromatic carbocycles. The number of unbranched alkanes of at least 4 members (excludes halogenated alkanes) is 1. The molecule has 0 saturated heterocycles. The summed E-state index contributed by atoms with van der Waals surface area (Å²) in [4.78, 5) is 31.9. The summed E-state index contributed by atoms with van der Waals surface area (Å²) < 4.78 is 1.54. The molecule has 0 aliphatic carbocycles. The Morgan fingerprint density at radius 2 is 2.22 bits per heavy atom. The number of aromatic nitrogens is 2. The molecule has 1 atom stereocenters. The highest BCUT2D eigenvalue weighted by Gasteiger charge is 2.18. The summed E-state index contributed by atoms with van der Waals surface area (Å²) in [5.41, 5.74) is -0.0623. The van der Waals surface area contributed by atoms with Gasteiger partial charge in [0.25, 0.3) is 5.56 Å². The number of amides is 1. The van der Waals surface area contributed by atoms with Crippen molar-refractivity contribution in [2.24, 2.45) is 0 Å². The standard InChI is InChI=1S/C17H25N3O2S/c1-4-6-9-20(13(3)5-2)15(21)7-10-19-12-18-16-14(17(19)22)8-11-23-16/h8,11-13H,4-7,9-10H2,1-3H3. The van der Waals surface area contributed by atoms with Crippen molar-refractivity contribution >= 4 is 27.5 Å². The predicted octanol–water partition coefficient (Wildman–Crippen LogP) is 3.28. The first-order valence-corrected chi connectivity index (χ1v) is 9.18. The number of hydrogen-bond donors (Lipinski definition) is 0. The van der Waals surface area contributed by atoms with Crippen molar-refractivity contribution in [1.29, 1.82) is 0 Å². The van der Waals surface area contributed by atoms with Gasteiger partial charge in [0, 0.05) is 25.6 Å². The van der Waals surface area contributed by atoms with Crippen LogP contribution in [0.1, 0.15) is 46.5 Å². The lowest BCUT2D eigenvalue weighted by molar-refractivity contribution is -0.133. The molecule has 0 aliphatic heterocycles. The van der Waals surface area contributed by atoms with E-state index < -0.39 is 0 Å². The van der Waals surface area contributed by atoms with Crippen molar-refractivity contribution in [2.75, 3.05) is 6.54 Å². The molecule has 2 aromatic rings. The molecule has 5 nitrogen and oxygen atoms in total. The van der Waals surface area contributed by atoms with E-state index in [-0.39, 0.29) is 17.5 Å². The first-order valence-electron chi connectivity index (χ1n) is 8.30. The van der Waals surface area contributed by atoms with E-state index >= 15 is 0 Å². The Kier molecular flexibility index (Phi) is 6.33. The average molecular weight is 335 g/mol. The van der Waals surface area contributed by atoms with E-state index in [2.05, 4.69) is 25.8 Å². The van der Waals surface area contributed by atoms with Gasteiger partial charge in [0.1, 0.15) is 4.83 Å². The van der Waals surface area contributed by atoms with Gasteiger partial charge in [-0.15, -0.1) is 11.3 Å². The molecule has 1 amide bonds. The van der Waals surface area contributed by atoms with Crippen LogP contribution >= 0.6 is 11.3 Å². The molecule has 0 radical (unpaired) electrons. The zero-order chi connectivity index (χ0) is 16.8. The van der Waals surface area contributed by atoms with E-state index in [4.69, 9.17) is 0 Å². The Balaban J connectivity index is 2.06. The van der Waals surface area contributed by atoms with Crippen molar-refractivity contribution in [3.63, 3.8) is 0 Å². The van der Waals surface area contributed by atoms with Gasteiger partial charge in [-0.1, -0.05) is 20.3 Å². The van der Waals surface area contributed by atoms with Gasteiger partial charge in [-0.05, 0) is 31.2 Å². The number of nitrogens with zero attached hydrogens (tertiary/aromatic N) is 3. The van der Waals surface area contributed by atoms with Crippen LogP contribution in [0, 0.1) is 0 Å². The van der Waals surface area contributed by atoms with Gasteiger partial charge in [0.05, 0.1) is 11.7 Å². The number of thiophene rings is 1. The predicted molar refractivity (Wildman–Crippen MR) is 94.9 cm³/mol. The monoisotopic (exact) mass is 335 g/mol. The summed E-state index contributed by atoms with van der Waals surface area (Å²) in [6, 6.07) is 2.03. The Morgan fingerprint density at radius 3 is 2.91 bits per heavy atom. The number of fused-ring (bicyclic) bond motifs is 1. The summed E-state index contributed by atoms with van der Waals surface area (Å²) in [6.45, 7) is 7.48. The van der Waals surface area contributed by atoms with Crippen molar-refractivity contribution in [1.82, 2.24) is 14.5 Å². The number of hydrogen-bond acceptors (Lipinski definition) is 4. The van der Waals surface area contributed by atoms with Crippen molar-refractivity contribution in [3.05, 3.63) is 28.1 Å². The van der Waals surface area contributed by atoms with Crippen molar-refractivity contribution < 1.29 is 4.79 Å². The van der Waals surface area contributed by atoms with Crippen molar-refractivity contribution in [2.45, 2.75) is 59.0 Å². The number of carbonyl (C=O) groups is 1. The second-order valence-electron chi connectivity index (χ2n) is 5.83. The second kappa shape index (κ2) is 8.24. The summed E-state index contributed by atoms with van der Waals surface area (Å²) in [7, 11) is 0. The molecule has 0 N–H and O–H groups in total. The normalized spacial score (nSPS) is 12.5. The molecule has 0 saturated carbocycles. The molecular formula is C17H25N3O2S. The fraction of sp³-hybridized carbons (Fsp3) is 0.588. The lowest BCUT2D eigenvalue weighted by Crippen LogP contribution is -2.39. The Bertz CT molecular complexity index is 707. The molecule has 126 valence electrons. The van der Waals surface area contributed by atoms with Crippen LogP contribution in [0.2, 0.25) is 0 Å². The molecule has 0 fully saturated rings. The van der Waals surface area contributed by atoms with Crippen molar-refractivity contribution in [3.8, 4) is 0 Å². The van der Waals surface area contributed by atoms with E-state index in [0.717, 1.165) is 30.6 Å². The Labute approximate surface area is 140 Å². The minimum atomic E-state index is -0.0623. The van der Waals surface area contributed by atoms with Gasteiger partial charge < -0.3 is 4.90 Å². The minimum absolute atomic E-state index is 0.0623. The minimum Gasteiger partial charge on any atom is -0.340 e. The molecule has 0 aliphatic rings. The van der Waals surface area contributed by atoms with Crippen LogP contribution in [0.3, 0.4) is 0 Å². The zero-order valence-electron chi connectivity index (χ0n) is 14.1. The summed E-state index contributed by atoms with van der Waals surface area (Å²) >= 11 is 1.46. The van der Waals surface area contributed by atoms with Crippen LogP contribution in [0.25, 0.3) is 10.2 Å². The fourth-order valence-corrected chi connectivity index (χ4v) is 3.28. The highest BCUT2D eigenvalue weighted by atomic mass is 32.1. The highest BCUT2D eigenvalue weighted by Crippen LogP contribution is 2.14. The lowest BCUT2D eigenvalue weighted by atomic mass is 10.2. The molecule has 0 spiro atoms. The van der Waals surface area contributed by atoms with E-state index in [1.807, 2.05) is 10.3 Å². The number of carbonyl (C=O) groups excluding carboxylic acids is 1. The maximum absolute atomic E-state index is 12.5. The van der Waals surface area contributed by atoms with Gasteiger partial charge in [0.15, 0.2) is 0 Å². The second-order valence-corrected chi connectivity index (χ2v) is 6.73. The lowest BCUT2D eigenvalue weighted by Gasteiger charge is -2.28. The quantitative estimate of drug-likeness (QED) is 0.744. The van der Waals surface area contributed by atoms with E-state index in [1.165, 1.54) is 11.3 Å². The average Bonchev–Trinajstić information content (AvgIpc) is 3.03. The first kappa shape index (κ1) is 17.7. The van der Waals surface area contributed by atoms with Crippen LogP contribution in [0.5, 0.6) is 0 Å². The molecule has 2 rings (SSSR count). The Morgan fingerprint density at radius 1 is 1.43 bits per heavy atom. The van der Waals surface area contributed by atoms with Gasteiger partial charge in [-0.3, -0.25) is 14.2 Å². The van der Waals surface area contributed by atoms with Crippen LogP contribution in [-0.4, -0.2) is 32.9 Å². The van der Waals surface area contributed by atoms with Crippen LogP contribution in [0.4, 0.5) is 0 Å². The third-order valence-electron chi connectivity index (χ3n) is 4.21. The topological polar surface area (TPSA) is 55.2 Å². The third kappa shape index (κ3) is 4.19. The maximum Gasteiger partial charge on any atom is 0.262 e. The fourth-order valence-electron chi connectivity index (χ4n) is 2.55. The molecule has 23 heavy (non-hydrogen) atoms. The molecule has 1 unspecified atom stereocenters. The number of rotatable bonds is 8. The number of aryl methyl sites for hydroxylation is 1.